The van der Waals surface area contributed by atoms with E-state index in [0.717, 1.165) is 24.2 Å². The summed E-state index contributed by atoms with van der Waals surface area (Å²) in [5, 5.41) is 11.0. The van der Waals surface area contributed by atoms with Gasteiger partial charge in [0.2, 0.25) is 0 Å². The molecule has 1 aromatic carbocycles. The number of hydrogen-bond donors (Lipinski definition) is 0. The van der Waals surface area contributed by atoms with Crippen molar-refractivity contribution in [3.8, 4) is 5.75 Å². The third-order valence-corrected chi connectivity index (χ3v) is 3.07. The number of imidazole rings is 1. The number of nitro benzene ring substituents is 1. The van der Waals surface area contributed by atoms with Crippen molar-refractivity contribution in [2.24, 2.45) is 0 Å². The quantitative estimate of drug-likeness (QED) is 0.600. The Morgan fingerprint density at radius 2 is 2.25 bits per heavy atom. The van der Waals surface area contributed by atoms with Crippen LogP contribution in [0.2, 0.25) is 0 Å². The second-order valence-corrected chi connectivity index (χ2v) is 4.48. The third-order valence-electron chi connectivity index (χ3n) is 3.07. The van der Waals surface area contributed by atoms with E-state index in [4.69, 9.17) is 4.74 Å². The first-order valence-electron chi connectivity index (χ1n) is 6.47. The summed E-state index contributed by atoms with van der Waals surface area (Å²) in [6.45, 7) is 2.66. The SMILES string of the molecule is CCCc1nccn1Cc1ccc(OC)c([N+](=O)[O-])c1. The van der Waals surface area contributed by atoms with Crippen LogP contribution in [0.5, 0.6) is 5.75 Å². The van der Waals surface area contributed by atoms with Crippen LogP contribution < -0.4 is 4.74 Å². The van der Waals surface area contributed by atoms with E-state index in [9.17, 15) is 10.1 Å². The van der Waals surface area contributed by atoms with Crippen molar-refractivity contribution in [3.63, 3.8) is 0 Å². The Bertz CT molecular complexity index is 607. The summed E-state index contributed by atoms with van der Waals surface area (Å²) >= 11 is 0. The molecule has 2 aromatic rings. The molecular formula is C14H17N3O3. The van der Waals surface area contributed by atoms with Gasteiger partial charge in [0.25, 0.3) is 0 Å². The average Bonchev–Trinajstić information content (AvgIpc) is 2.86. The smallest absolute Gasteiger partial charge is 0.311 e. The zero-order chi connectivity index (χ0) is 14.5. The highest BCUT2D eigenvalue weighted by molar-refractivity contribution is 5.48. The van der Waals surface area contributed by atoms with E-state index in [1.54, 1.807) is 18.3 Å². The summed E-state index contributed by atoms with van der Waals surface area (Å²) in [5.74, 6) is 1.27. The number of aryl methyl sites for hydroxylation is 1. The molecule has 0 bridgehead atoms. The fourth-order valence-electron chi connectivity index (χ4n) is 2.11. The fourth-order valence-corrected chi connectivity index (χ4v) is 2.11. The first-order chi connectivity index (χ1) is 9.65. The Hall–Kier alpha value is -2.37. The Morgan fingerprint density at radius 1 is 1.45 bits per heavy atom. The lowest BCUT2D eigenvalue weighted by Gasteiger charge is -2.08. The van der Waals surface area contributed by atoms with Gasteiger partial charge in [0, 0.05) is 31.4 Å². The number of methoxy groups -OCH3 is 1. The van der Waals surface area contributed by atoms with Crippen LogP contribution in [0.15, 0.2) is 30.6 Å². The Kier molecular flexibility index (Phi) is 4.34. The Morgan fingerprint density at radius 3 is 2.90 bits per heavy atom. The van der Waals surface area contributed by atoms with Crippen LogP contribution in [0.1, 0.15) is 24.7 Å². The van der Waals surface area contributed by atoms with Crippen LogP contribution in [-0.2, 0) is 13.0 Å². The van der Waals surface area contributed by atoms with Gasteiger partial charge < -0.3 is 9.30 Å². The number of rotatable bonds is 6. The van der Waals surface area contributed by atoms with Gasteiger partial charge in [-0.2, -0.15) is 0 Å². The van der Waals surface area contributed by atoms with Crippen molar-refractivity contribution in [2.45, 2.75) is 26.3 Å². The molecule has 0 amide bonds. The summed E-state index contributed by atoms with van der Waals surface area (Å²) < 4.78 is 7.01. The van der Waals surface area contributed by atoms with E-state index in [2.05, 4.69) is 11.9 Å². The van der Waals surface area contributed by atoms with Crippen LogP contribution in [0.25, 0.3) is 0 Å². The summed E-state index contributed by atoms with van der Waals surface area (Å²) in [6, 6.07) is 5.01. The molecule has 0 spiro atoms. The average molecular weight is 275 g/mol. The minimum atomic E-state index is -0.427. The molecule has 20 heavy (non-hydrogen) atoms. The van der Waals surface area contributed by atoms with Crippen molar-refractivity contribution < 1.29 is 9.66 Å². The molecule has 1 heterocycles. The second-order valence-electron chi connectivity index (χ2n) is 4.48. The molecule has 106 valence electrons. The molecule has 0 fully saturated rings. The second kappa shape index (κ2) is 6.18. The summed E-state index contributed by atoms with van der Waals surface area (Å²) in [7, 11) is 1.43. The van der Waals surface area contributed by atoms with Gasteiger partial charge in [-0.25, -0.2) is 4.98 Å². The van der Waals surface area contributed by atoms with E-state index in [1.807, 2.05) is 16.8 Å². The monoisotopic (exact) mass is 275 g/mol. The van der Waals surface area contributed by atoms with E-state index in [1.165, 1.54) is 7.11 Å². The molecule has 0 saturated carbocycles. The lowest BCUT2D eigenvalue weighted by atomic mass is 10.2. The molecule has 6 heteroatoms. The van der Waals surface area contributed by atoms with Crippen LogP contribution >= 0.6 is 0 Å². The maximum atomic E-state index is 11.0. The molecule has 0 unspecified atom stereocenters. The number of aromatic nitrogens is 2. The molecule has 6 nitrogen and oxygen atoms in total. The van der Waals surface area contributed by atoms with Crippen molar-refractivity contribution in [1.29, 1.82) is 0 Å². The first kappa shape index (κ1) is 14.0. The molecule has 1 aromatic heterocycles. The van der Waals surface area contributed by atoms with Crippen molar-refractivity contribution >= 4 is 5.69 Å². The zero-order valence-electron chi connectivity index (χ0n) is 11.6. The lowest BCUT2D eigenvalue weighted by Crippen LogP contribution is -2.05. The van der Waals surface area contributed by atoms with Crippen LogP contribution in [-0.4, -0.2) is 21.6 Å². The van der Waals surface area contributed by atoms with Crippen LogP contribution in [0, 0.1) is 10.1 Å². The largest absolute Gasteiger partial charge is 0.490 e. The predicted molar refractivity (Wildman–Crippen MR) is 75.0 cm³/mol. The van der Waals surface area contributed by atoms with Gasteiger partial charge in [0.15, 0.2) is 5.75 Å². The van der Waals surface area contributed by atoms with E-state index in [0.29, 0.717) is 6.54 Å². The van der Waals surface area contributed by atoms with Gasteiger partial charge in [0.1, 0.15) is 5.82 Å². The van der Waals surface area contributed by atoms with Crippen LogP contribution in [0.3, 0.4) is 0 Å². The summed E-state index contributed by atoms with van der Waals surface area (Å²) in [6.07, 6.45) is 5.55. The highest BCUT2D eigenvalue weighted by Crippen LogP contribution is 2.27. The maximum Gasteiger partial charge on any atom is 0.311 e. The van der Waals surface area contributed by atoms with Crippen molar-refractivity contribution in [2.75, 3.05) is 7.11 Å². The Labute approximate surface area is 117 Å². The lowest BCUT2D eigenvalue weighted by molar-refractivity contribution is -0.385. The number of benzene rings is 1. The van der Waals surface area contributed by atoms with E-state index >= 15 is 0 Å². The summed E-state index contributed by atoms with van der Waals surface area (Å²) in [4.78, 5) is 14.9. The van der Waals surface area contributed by atoms with E-state index in [-0.39, 0.29) is 11.4 Å². The molecule has 0 aliphatic rings. The molecule has 0 atom stereocenters. The molecule has 0 aliphatic heterocycles. The van der Waals surface area contributed by atoms with Gasteiger partial charge >= 0.3 is 5.69 Å². The highest BCUT2D eigenvalue weighted by Gasteiger charge is 2.15. The first-order valence-corrected chi connectivity index (χ1v) is 6.47. The molecule has 0 saturated heterocycles. The summed E-state index contributed by atoms with van der Waals surface area (Å²) in [5.41, 5.74) is 0.843. The molecular weight excluding hydrogens is 258 g/mol. The number of nitrogens with zero attached hydrogens (tertiary/aromatic N) is 3. The fraction of sp³-hybridized carbons (Fsp3) is 0.357. The third kappa shape index (κ3) is 2.96. The maximum absolute atomic E-state index is 11.0. The van der Waals surface area contributed by atoms with Gasteiger partial charge in [-0.15, -0.1) is 0 Å². The topological polar surface area (TPSA) is 70.2 Å². The molecule has 2 rings (SSSR count). The zero-order valence-corrected chi connectivity index (χ0v) is 11.6. The van der Waals surface area contributed by atoms with Crippen molar-refractivity contribution in [1.82, 2.24) is 9.55 Å². The minimum absolute atomic E-state index is 0.0119. The van der Waals surface area contributed by atoms with Gasteiger partial charge in [0.05, 0.1) is 12.0 Å². The van der Waals surface area contributed by atoms with Crippen LogP contribution in [0.4, 0.5) is 5.69 Å². The molecule has 0 N–H and O–H groups in total. The number of nitro groups is 1. The highest BCUT2D eigenvalue weighted by atomic mass is 16.6. The standard InChI is InChI=1S/C14H17N3O3/c1-3-4-14-15-7-8-16(14)10-11-5-6-13(20-2)12(9-11)17(18)19/h5-9H,3-4,10H2,1-2H3. The number of ether oxygens (including phenoxy) is 1. The van der Waals surface area contributed by atoms with Gasteiger partial charge in [-0.05, 0) is 18.1 Å². The predicted octanol–water partition coefficient (Wildman–Crippen LogP) is 2.80. The molecule has 0 radical (unpaired) electrons. The molecule has 0 aliphatic carbocycles. The van der Waals surface area contributed by atoms with E-state index < -0.39 is 4.92 Å². The number of hydrogen-bond acceptors (Lipinski definition) is 4. The van der Waals surface area contributed by atoms with Crippen molar-refractivity contribution in [3.05, 3.63) is 52.1 Å². The minimum Gasteiger partial charge on any atom is -0.490 e. The van der Waals surface area contributed by atoms with Gasteiger partial charge in [-0.1, -0.05) is 13.0 Å². The normalized spacial score (nSPS) is 10.5. The Balaban J connectivity index is 2.27. The van der Waals surface area contributed by atoms with Gasteiger partial charge in [-0.3, -0.25) is 10.1 Å².